The number of fused-ring (bicyclic) bond motifs is 2. The van der Waals surface area contributed by atoms with E-state index in [0.29, 0.717) is 39.7 Å². The van der Waals surface area contributed by atoms with E-state index in [1.165, 1.54) is 0 Å². The first-order valence-corrected chi connectivity index (χ1v) is 10.2. The summed E-state index contributed by atoms with van der Waals surface area (Å²) in [7, 11) is 1.60. The zero-order valence-corrected chi connectivity index (χ0v) is 17.2. The minimum absolute atomic E-state index is 0.143. The first kappa shape index (κ1) is 19.0. The number of hydrogen-bond acceptors (Lipinski definition) is 5. The van der Waals surface area contributed by atoms with Crippen LogP contribution in [0.3, 0.4) is 0 Å². The first-order chi connectivity index (χ1) is 14.6. The molecule has 0 spiro atoms. The molecule has 0 unspecified atom stereocenters. The van der Waals surface area contributed by atoms with Gasteiger partial charge in [-0.2, -0.15) is 0 Å². The third-order valence-corrected chi connectivity index (χ3v) is 5.64. The van der Waals surface area contributed by atoms with Crippen molar-refractivity contribution in [2.45, 2.75) is 18.9 Å². The number of nitrogens with one attached hydrogen (secondary N) is 2. The van der Waals surface area contributed by atoms with E-state index in [-0.39, 0.29) is 11.7 Å². The van der Waals surface area contributed by atoms with Crippen molar-refractivity contribution in [3.8, 4) is 17.0 Å². The number of halogens is 1. The highest BCUT2D eigenvalue weighted by Crippen LogP contribution is 2.30. The summed E-state index contributed by atoms with van der Waals surface area (Å²) in [6, 6.07) is 11.1. The van der Waals surface area contributed by atoms with Gasteiger partial charge in [-0.25, -0.2) is 4.98 Å². The number of benzene rings is 1. The van der Waals surface area contributed by atoms with E-state index in [4.69, 9.17) is 26.1 Å². The van der Waals surface area contributed by atoms with Gasteiger partial charge in [0, 0.05) is 25.4 Å². The van der Waals surface area contributed by atoms with Crippen LogP contribution in [-0.4, -0.2) is 40.7 Å². The molecule has 5 rings (SSSR count). The Bertz CT molecular complexity index is 1290. The number of pyridine rings is 2. The van der Waals surface area contributed by atoms with Gasteiger partial charge in [-0.05, 0) is 48.6 Å². The van der Waals surface area contributed by atoms with Gasteiger partial charge >= 0.3 is 0 Å². The van der Waals surface area contributed by atoms with Crippen molar-refractivity contribution in [3.05, 3.63) is 58.0 Å². The van der Waals surface area contributed by atoms with Crippen molar-refractivity contribution >= 4 is 34.0 Å². The SMILES string of the molecule is COc1ccc2cc(-c3nc4ccc(Cl)cn4c3NC[C@@H]3CCCO3)c(=O)[nH]c2c1. The maximum absolute atomic E-state index is 13.0. The lowest BCUT2D eigenvalue weighted by Gasteiger charge is -2.13. The second-order valence-electron chi connectivity index (χ2n) is 7.37. The summed E-state index contributed by atoms with van der Waals surface area (Å²) in [4.78, 5) is 20.6. The van der Waals surface area contributed by atoms with Crippen molar-refractivity contribution in [2.75, 3.05) is 25.6 Å². The molecule has 8 heteroatoms. The van der Waals surface area contributed by atoms with Crippen LogP contribution >= 0.6 is 11.6 Å². The van der Waals surface area contributed by atoms with Crippen LogP contribution in [0.2, 0.25) is 5.02 Å². The van der Waals surface area contributed by atoms with Crippen molar-refractivity contribution in [1.29, 1.82) is 0 Å². The molecule has 0 aliphatic carbocycles. The Morgan fingerprint density at radius 1 is 1.33 bits per heavy atom. The van der Waals surface area contributed by atoms with Crippen LogP contribution < -0.4 is 15.6 Å². The third kappa shape index (κ3) is 3.40. The molecule has 30 heavy (non-hydrogen) atoms. The highest BCUT2D eigenvalue weighted by molar-refractivity contribution is 6.30. The average molecular weight is 425 g/mol. The molecular weight excluding hydrogens is 404 g/mol. The number of hydrogen-bond donors (Lipinski definition) is 2. The van der Waals surface area contributed by atoms with Crippen molar-refractivity contribution in [2.24, 2.45) is 0 Å². The number of imidazole rings is 1. The zero-order chi connectivity index (χ0) is 20.7. The average Bonchev–Trinajstić information content (AvgIpc) is 3.38. The van der Waals surface area contributed by atoms with Crippen LogP contribution in [0.1, 0.15) is 12.8 Å². The quantitative estimate of drug-likeness (QED) is 0.504. The summed E-state index contributed by atoms with van der Waals surface area (Å²) in [5.41, 5.74) is 2.27. The maximum atomic E-state index is 13.0. The summed E-state index contributed by atoms with van der Waals surface area (Å²) < 4.78 is 12.9. The predicted molar refractivity (Wildman–Crippen MR) is 118 cm³/mol. The molecule has 4 aromatic rings. The van der Waals surface area contributed by atoms with Crippen LogP contribution in [-0.2, 0) is 4.74 Å². The van der Waals surface area contributed by atoms with Crippen LogP contribution in [0.15, 0.2) is 47.4 Å². The number of nitrogens with zero attached hydrogens (tertiary/aromatic N) is 2. The van der Waals surface area contributed by atoms with Gasteiger partial charge in [0.2, 0.25) is 0 Å². The molecule has 1 saturated heterocycles. The lowest BCUT2D eigenvalue weighted by atomic mass is 10.1. The topological polar surface area (TPSA) is 80.7 Å². The Balaban J connectivity index is 1.64. The highest BCUT2D eigenvalue weighted by Gasteiger charge is 2.21. The number of rotatable bonds is 5. The highest BCUT2D eigenvalue weighted by atomic mass is 35.5. The molecule has 154 valence electrons. The van der Waals surface area contributed by atoms with Crippen LogP contribution in [0.25, 0.3) is 27.8 Å². The number of ether oxygens (including phenoxy) is 2. The van der Waals surface area contributed by atoms with Gasteiger partial charge in [0.1, 0.15) is 22.9 Å². The van der Waals surface area contributed by atoms with Crippen molar-refractivity contribution in [3.63, 3.8) is 0 Å². The standard InChI is InChI=1S/C22H21ClN4O3/c1-29-15-6-4-13-9-17(22(28)25-18(13)10-15)20-21(24-11-16-3-2-8-30-16)27-12-14(23)5-7-19(27)26-20/h4-7,9-10,12,16,24H,2-3,8,11H2,1H3,(H,25,28)/t16-/m0/s1. The van der Waals surface area contributed by atoms with Crippen molar-refractivity contribution < 1.29 is 9.47 Å². The minimum Gasteiger partial charge on any atom is -0.497 e. The van der Waals surface area contributed by atoms with E-state index in [2.05, 4.69) is 10.3 Å². The Morgan fingerprint density at radius 2 is 2.23 bits per heavy atom. The summed E-state index contributed by atoms with van der Waals surface area (Å²) in [6.07, 6.45) is 4.01. The largest absolute Gasteiger partial charge is 0.497 e. The molecule has 1 aliphatic rings. The molecule has 1 aromatic carbocycles. The number of anilines is 1. The number of aromatic amines is 1. The lowest BCUT2D eigenvalue weighted by Crippen LogP contribution is -2.20. The van der Waals surface area contributed by atoms with E-state index in [9.17, 15) is 4.79 Å². The Kier molecular flexibility index (Phi) is 4.84. The van der Waals surface area contributed by atoms with Gasteiger partial charge in [0.05, 0.1) is 29.3 Å². The minimum atomic E-state index is -0.217. The molecule has 1 aliphatic heterocycles. The molecule has 1 fully saturated rings. The first-order valence-electron chi connectivity index (χ1n) is 9.87. The second kappa shape index (κ2) is 7.66. The summed E-state index contributed by atoms with van der Waals surface area (Å²) in [6.45, 7) is 1.42. The smallest absolute Gasteiger partial charge is 0.258 e. The molecule has 0 radical (unpaired) electrons. The fraction of sp³-hybridized carbons (Fsp3) is 0.273. The van der Waals surface area contributed by atoms with Gasteiger partial charge in [-0.1, -0.05) is 11.6 Å². The molecule has 3 aromatic heterocycles. The monoisotopic (exact) mass is 424 g/mol. The predicted octanol–water partition coefficient (Wildman–Crippen LogP) is 4.10. The molecule has 0 saturated carbocycles. The van der Waals surface area contributed by atoms with Crippen LogP contribution in [0.4, 0.5) is 5.82 Å². The molecular formula is C22H21ClN4O3. The fourth-order valence-electron chi connectivity index (χ4n) is 3.87. The van der Waals surface area contributed by atoms with Gasteiger partial charge in [-0.15, -0.1) is 0 Å². The second-order valence-corrected chi connectivity index (χ2v) is 7.80. The third-order valence-electron chi connectivity index (χ3n) is 5.41. The van der Waals surface area contributed by atoms with E-state index >= 15 is 0 Å². The van der Waals surface area contributed by atoms with Crippen LogP contribution in [0.5, 0.6) is 5.75 Å². The van der Waals surface area contributed by atoms with Crippen LogP contribution in [0, 0.1) is 0 Å². The maximum Gasteiger partial charge on any atom is 0.258 e. The van der Waals surface area contributed by atoms with Gasteiger partial charge in [-0.3, -0.25) is 9.20 Å². The van der Waals surface area contributed by atoms with Gasteiger partial charge < -0.3 is 19.8 Å². The summed E-state index contributed by atoms with van der Waals surface area (Å²) >= 11 is 6.23. The molecule has 2 N–H and O–H groups in total. The van der Waals surface area contributed by atoms with Gasteiger partial charge in [0.15, 0.2) is 0 Å². The van der Waals surface area contributed by atoms with Gasteiger partial charge in [0.25, 0.3) is 5.56 Å². The molecule has 4 heterocycles. The van der Waals surface area contributed by atoms with E-state index < -0.39 is 0 Å². The fourth-order valence-corrected chi connectivity index (χ4v) is 4.03. The normalized spacial score (nSPS) is 16.4. The Hall–Kier alpha value is -3.03. The number of H-pyrrole nitrogens is 1. The summed E-state index contributed by atoms with van der Waals surface area (Å²) in [5.74, 6) is 1.41. The van der Waals surface area contributed by atoms with E-state index in [0.717, 1.165) is 30.7 Å². The Labute approximate surface area is 177 Å². The molecule has 1 atom stereocenters. The molecule has 0 amide bonds. The number of methoxy groups -OCH3 is 1. The van der Waals surface area contributed by atoms with E-state index in [1.807, 2.05) is 28.7 Å². The van der Waals surface area contributed by atoms with Crippen molar-refractivity contribution in [1.82, 2.24) is 14.4 Å². The molecule has 7 nitrogen and oxygen atoms in total. The zero-order valence-electron chi connectivity index (χ0n) is 16.4. The number of aromatic nitrogens is 3. The van der Waals surface area contributed by atoms with E-state index in [1.54, 1.807) is 25.4 Å². The molecule has 0 bridgehead atoms. The lowest BCUT2D eigenvalue weighted by molar-refractivity contribution is 0.120. The Morgan fingerprint density at radius 3 is 3.03 bits per heavy atom. The summed E-state index contributed by atoms with van der Waals surface area (Å²) in [5, 5.41) is 4.92.